The molecule has 0 bridgehead atoms. The number of fused-ring (bicyclic) bond motifs is 2. The fourth-order valence-corrected chi connectivity index (χ4v) is 4.57. The van der Waals surface area contributed by atoms with Crippen LogP contribution in [0.2, 0.25) is 10.0 Å². The maximum Gasteiger partial charge on any atom is 0.322 e. The number of hydrogen-bond donors (Lipinski definition) is 6. The van der Waals surface area contributed by atoms with Crippen molar-refractivity contribution in [3.05, 3.63) is 93.2 Å². The minimum Gasteiger partial charge on any atom is -0.380 e. The quantitative estimate of drug-likeness (QED) is 0.140. The minimum absolute atomic E-state index is 0.00230. The lowest BCUT2D eigenvalue weighted by atomic mass is 10.2. The Labute approximate surface area is 284 Å². The van der Waals surface area contributed by atoms with Crippen LogP contribution in [0.4, 0.5) is 25.2 Å². The highest BCUT2D eigenvalue weighted by atomic mass is 35.5. The Hall–Kier alpha value is -6.01. The van der Waals surface area contributed by atoms with Gasteiger partial charge in [0.05, 0.1) is 10.0 Å². The minimum atomic E-state index is -0.533. The van der Waals surface area contributed by atoms with Crippen molar-refractivity contribution >= 4 is 74.7 Å². The van der Waals surface area contributed by atoms with Crippen LogP contribution in [-0.4, -0.2) is 77.2 Å². The largest absolute Gasteiger partial charge is 0.380 e. The Kier molecular flexibility index (Phi) is 10.4. The first-order valence-corrected chi connectivity index (χ1v) is 14.7. The number of urea groups is 1. The second-order valence-electron chi connectivity index (χ2n) is 10.3. The van der Waals surface area contributed by atoms with Gasteiger partial charge in [0.15, 0.2) is 23.0 Å². The number of hydrogen-bond acceptors (Lipinski definition) is 10. The lowest BCUT2D eigenvalue weighted by molar-refractivity contribution is 0.0939. The Morgan fingerprint density at radius 2 is 1.27 bits per heavy atom. The zero-order valence-electron chi connectivity index (χ0n) is 25.5. The molecule has 0 unspecified atom stereocenters. The first-order valence-electron chi connectivity index (χ1n) is 14.0. The van der Waals surface area contributed by atoms with Gasteiger partial charge in [-0.25, -0.2) is 33.5 Å². The monoisotopic (exact) mass is 711 g/mol. The number of nitrogens with zero attached hydrogens (tertiary/aromatic N) is 7. The molecule has 0 saturated heterocycles. The molecular formula is C29H25Cl2F2N13O3. The van der Waals surface area contributed by atoms with Crippen LogP contribution in [0, 0.1) is 11.6 Å². The van der Waals surface area contributed by atoms with Gasteiger partial charge in [-0.2, -0.15) is 10.2 Å². The van der Waals surface area contributed by atoms with E-state index in [2.05, 4.69) is 56.3 Å². The van der Waals surface area contributed by atoms with Crippen molar-refractivity contribution in [2.75, 3.05) is 25.1 Å². The van der Waals surface area contributed by atoms with Crippen LogP contribution >= 0.6 is 23.2 Å². The molecule has 7 N–H and O–H groups in total. The molecule has 252 valence electrons. The summed E-state index contributed by atoms with van der Waals surface area (Å²) in [6.07, 6.45) is 2.44. The van der Waals surface area contributed by atoms with E-state index in [1.54, 1.807) is 14.1 Å². The Bertz CT molecular complexity index is 2190. The zero-order chi connectivity index (χ0) is 35.2. The smallest absolute Gasteiger partial charge is 0.322 e. The van der Waals surface area contributed by atoms with E-state index in [1.807, 2.05) is 0 Å². The van der Waals surface area contributed by atoms with E-state index in [4.69, 9.17) is 28.9 Å². The summed E-state index contributed by atoms with van der Waals surface area (Å²) in [4.78, 5) is 53.7. The molecule has 2 aromatic carbocycles. The number of halogens is 4. The number of aromatic nitrogens is 8. The first kappa shape index (κ1) is 34.3. The van der Waals surface area contributed by atoms with Crippen LogP contribution in [0.5, 0.6) is 0 Å². The van der Waals surface area contributed by atoms with Gasteiger partial charge in [0.1, 0.15) is 46.4 Å². The van der Waals surface area contributed by atoms with E-state index in [1.165, 1.54) is 54.0 Å². The number of aromatic amines is 2. The number of carbonyl (C=O) groups is 3. The number of amides is 4. The van der Waals surface area contributed by atoms with E-state index in [-0.39, 0.29) is 57.7 Å². The maximum absolute atomic E-state index is 13.2. The molecule has 0 saturated carbocycles. The molecule has 4 aromatic heterocycles. The van der Waals surface area contributed by atoms with E-state index in [9.17, 15) is 23.2 Å². The predicted octanol–water partition coefficient (Wildman–Crippen LogP) is 3.83. The van der Waals surface area contributed by atoms with Crippen LogP contribution in [0.25, 0.3) is 22.1 Å². The number of benzene rings is 2. The number of nitrogens with one attached hydrogen (secondary N) is 5. The van der Waals surface area contributed by atoms with Gasteiger partial charge in [0, 0.05) is 27.2 Å². The number of carbonyl (C=O) groups excluding carboxylic acids is 3. The van der Waals surface area contributed by atoms with Gasteiger partial charge in [-0.05, 0) is 35.4 Å². The van der Waals surface area contributed by atoms with Gasteiger partial charge in [-0.15, -0.1) is 0 Å². The Balaban J connectivity index is 0.000000195. The maximum atomic E-state index is 13.2. The summed E-state index contributed by atoms with van der Waals surface area (Å²) < 4.78 is 26.3. The van der Waals surface area contributed by atoms with E-state index >= 15 is 0 Å². The molecule has 0 radical (unpaired) electrons. The molecule has 49 heavy (non-hydrogen) atoms. The van der Waals surface area contributed by atoms with Crippen molar-refractivity contribution in [3.8, 4) is 0 Å². The van der Waals surface area contributed by atoms with Crippen molar-refractivity contribution in [2.24, 2.45) is 0 Å². The zero-order valence-corrected chi connectivity index (χ0v) is 27.0. The number of H-pyrrole nitrogens is 2. The lowest BCUT2D eigenvalue weighted by Gasteiger charge is -2.09. The van der Waals surface area contributed by atoms with E-state index < -0.39 is 23.4 Å². The Morgan fingerprint density at radius 1 is 0.776 bits per heavy atom. The van der Waals surface area contributed by atoms with Crippen molar-refractivity contribution in [3.63, 3.8) is 0 Å². The van der Waals surface area contributed by atoms with Gasteiger partial charge in [0.25, 0.3) is 11.8 Å². The third-order valence-electron chi connectivity index (χ3n) is 6.66. The molecule has 6 rings (SSSR count). The molecule has 4 heterocycles. The average molecular weight is 713 g/mol. The normalized spacial score (nSPS) is 10.7. The van der Waals surface area contributed by atoms with E-state index in [0.717, 1.165) is 0 Å². The number of nitrogen functional groups attached to an aromatic ring is 1. The highest BCUT2D eigenvalue weighted by Crippen LogP contribution is 2.21. The fraction of sp³-hybridized carbons (Fsp3) is 0.138. The second kappa shape index (κ2) is 14.8. The Morgan fingerprint density at radius 3 is 1.78 bits per heavy atom. The molecule has 0 aliphatic carbocycles. The van der Waals surface area contributed by atoms with Crippen molar-refractivity contribution in [1.82, 2.24) is 55.9 Å². The molecule has 4 amide bonds. The molecule has 6 aromatic rings. The van der Waals surface area contributed by atoms with Crippen molar-refractivity contribution in [1.29, 1.82) is 0 Å². The highest BCUT2D eigenvalue weighted by Gasteiger charge is 2.19. The third-order valence-corrected chi connectivity index (χ3v) is 7.24. The van der Waals surface area contributed by atoms with Crippen LogP contribution in [-0.2, 0) is 13.1 Å². The van der Waals surface area contributed by atoms with Gasteiger partial charge >= 0.3 is 6.03 Å². The van der Waals surface area contributed by atoms with Gasteiger partial charge in [0.2, 0.25) is 0 Å². The first-order chi connectivity index (χ1) is 23.4. The molecule has 0 atom stereocenters. The van der Waals surface area contributed by atoms with E-state index in [0.29, 0.717) is 27.7 Å². The van der Waals surface area contributed by atoms with Crippen molar-refractivity contribution < 1.29 is 23.2 Å². The fourth-order valence-electron chi connectivity index (χ4n) is 4.17. The van der Waals surface area contributed by atoms with Crippen LogP contribution < -0.4 is 21.7 Å². The standard InChI is InChI=1S/C16H15ClFN7O2.C13H10ClFN6O/c1-25(2)16(27)22-14-12-11(23-24-14)13(21-7-20-12)15(26)19-6-8-3-4-10(18)9(17)5-8;14-7-3-6(1-2-8(7)15)4-17-13(22)11-9-10(18-5-19-11)12(16)21-20-9/h3-5,7H,6H2,1-2H3,(H,19,26)(H2,22,23,24,27);1-3,5H,4H2,(H,17,22)(H3,16,20,21). The molecule has 0 fully saturated rings. The summed E-state index contributed by atoms with van der Waals surface area (Å²) in [5.41, 5.74) is 8.42. The summed E-state index contributed by atoms with van der Waals surface area (Å²) in [5, 5.41) is 20.9. The summed E-state index contributed by atoms with van der Waals surface area (Å²) in [6, 6.07) is 8.00. The summed E-state index contributed by atoms with van der Waals surface area (Å²) >= 11 is 11.4. The van der Waals surface area contributed by atoms with Gasteiger partial charge < -0.3 is 21.3 Å². The number of nitrogens with two attached hydrogens (primary N) is 1. The summed E-state index contributed by atoms with van der Waals surface area (Å²) in [7, 11) is 3.17. The SMILES string of the molecule is CN(C)C(=O)Nc1n[nH]c2c(C(=O)NCc3ccc(F)c(Cl)c3)ncnc12.Nc1n[nH]c2c(C(=O)NCc3ccc(F)c(Cl)c3)ncnc12. The molecule has 16 nitrogen and oxygen atoms in total. The lowest BCUT2D eigenvalue weighted by Crippen LogP contribution is -2.27. The van der Waals surface area contributed by atoms with Gasteiger partial charge in [-0.3, -0.25) is 25.1 Å². The van der Waals surface area contributed by atoms with Crippen molar-refractivity contribution in [2.45, 2.75) is 13.1 Å². The topological polar surface area (TPSA) is 225 Å². The molecule has 0 spiro atoms. The van der Waals surface area contributed by atoms with Gasteiger partial charge in [-0.1, -0.05) is 35.3 Å². The molecule has 20 heteroatoms. The van der Waals surface area contributed by atoms with Crippen LogP contribution in [0.15, 0.2) is 49.1 Å². The number of rotatable bonds is 7. The molecule has 0 aliphatic rings. The van der Waals surface area contributed by atoms with Crippen LogP contribution in [0.1, 0.15) is 32.1 Å². The number of anilines is 2. The highest BCUT2D eigenvalue weighted by molar-refractivity contribution is 6.31. The van der Waals surface area contributed by atoms with Crippen LogP contribution in [0.3, 0.4) is 0 Å². The summed E-state index contributed by atoms with van der Waals surface area (Å²) in [5.74, 6) is -1.59. The second-order valence-corrected chi connectivity index (χ2v) is 11.1. The summed E-state index contributed by atoms with van der Waals surface area (Å²) in [6.45, 7) is 0.302. The average Bonchev–Trinajstić information content (AvgIpc) is 3.68. The predicted molar refractivity (Wildman–Crippen MR) is 176 cm³/mol. The molecule has 0 aliphatic heterocycles. The molecular weight excluding hydrogens is 687 g/mol. The third kappa shape index (κ3) is 7.94.